The van der Waals surface area contributed by atoms with Crippen LogP contribution in [0, 0.1) is 0 Å². The number of hydrogen-bond donors (Lipinski definition) is 2. The average Bonchev–Trinajstić information content (AvgIpc) is 3.64. The summed E-state index contributed by atoms with van der Waals surface area (Å²) >= 11 is 0. The van der Waals surface area contributed by atoms with Gasteiger partial charge in [0.25, 0.3) is 11.8 Å². The fourth-order valence-corrected chi connectivity index (χ4v) is 5.26. The summed E-state index contributed by atoms with van der Waals surface area (Å²) in [6.07, 6.45) is 2.22. The fraction of sp³-hybridized carbons (Fsp3) is 0.143. The van der Waals surface area contributed by atoms with Gasteiger partial charge in [0, 0.05) is 30.6 Å². The second-order valence-corrected chi connectivity index (χ2v) is 9.36. The van der Waals surface area contributed by atoms with Crippen molar-refractivity contribution < 1.29 is 23.2 Å². The third kappa shape index (κ3) is 3.31. The van der Waals surface area contributed by atoms with Crippen molar-refractivity contribution in [2.45, 2.75) is 18.5 Å². The maximum atomic E-state index is 13.7. The van der Waals surface area contributed by atoms with Crippen LogP contribution < -0.4 is 10.6 Å². The normalized spacial score (nSPS) is 19.0. The Labute approximate surface area is 210 Å². The number of nitrogens with zero attached hydrogens (tertiary/aromatic N) is 2. The Morgan fingerprint density at radius 3 is 2.59 bits per heavy atom. The topological polar surface area (TPSA) is 118 Å². The molecule has 3 aromatic heterocycles. The first kappa shape index (κ1) is 21.4. The zero-order chi connectivity index (χ0) is 25.1. The Hall–Kier alpha value is -4.92. The number of fused-ring (bicyclic) bond motifs is 4. The molecule has 37 heavy (non-hydrogen) atoms. The van der Waals surface area contributed by atoms with Crippen molar-refractivity contribution in [1.82, 2.24) is 20.5 Å². The standard InChI is InChI=1S/C28H20N4O5/c33-25-24-17(8-9-21-19(24)12-18(36-21)11-16-5-2-1-3-6-16)14-32(25)15-28(26(34)30-27(35)31-28)23-13-20-22(37-23)7-4-10-29-20/h1-10,12-13H,11,14-15H2,(H2,30,31,34,35)/t28-/m0/s1. The van der Waals surface area contributed by atoms with Gasteiger partial charge in [0.15, 0.2) is 11.1 Å². The van der Waals surface area contributed by atoms with E-state index in [0.717, 1.165) is 22.3 Å². The second kappa shape index (κ2) is 7.79. The van der Waals surface area contributed by atoms with Crippen molar-refractivity contribution >= 4 is 39.9 Å². The molecule has 2 N–H and O–H groups in total. The van der Waals surface area contributed by atoms with Gasteiger partial charge in [-0.2, -0.15) is 0 Å². The summed E-state index contributed by atoms with van der Waals surface area (Å²) in [5.74, 6) is 0.149. The molecule has 0 saturated carbocycles. The van der Waals surface area contributed by atoms with Crippen LogP contribution in [0.2, 0.25) is 0 Å². The molecule has 2 aliphatic rings. The molecule has 0 radical (unpaired) electrons. The first-order valence-electron chi connectivity index (χ1n) is 11.9. The van der Waals surface area contributed by atoms with Gasteiger partial charge < -0.3 is 19.1 Å². The minimum atomic E-state index is -1.58. The highest BCUT2D eigenvalue weighted by Gasteiger charge is 2.53. The van der Waals surface area contributed by atoms with Gasteiger partial charge in [-0.15, -0.1) is 0 Å². The molecule has 1 fully saturated rings. The maximum Gasteiger partial charge on any atom is 0.322 e. The van der Waals surface area contributed by atoms with Gasteiger partial charge in [-0.25, -0.2) is 4.79 Å². The lowest BCUT2D eigenvalue weighted by Gasteiger charge is -2.29. The zero-order valence-corrected chi connectivity index (χ0v) is 19.5. The molecule has 0 aliphatic carbocycles. The van der Waals surface area contributed by atoms with Crippen LogP contribution in [0.4, 0.5) is 4.79 Å². The van der Waals surface area contributed by atoms with E-state index < -0.39 is 17.5 Å². The van der Waals surface area contributed by atoms with Gasteiger partial charge in [0.1, 0.15) is 22.6 Å². The number of rotatable bonds is 5. The Morgan fingerprint density at radius 2 is 1.81 bits per heavy atom. The number of carbonyl (C=O) groups excluding carboxylic acids is 3. The molecule has 7 rings (SSSR count). The Kier molecular flexibility index (Phi) is 4.50. The number of imide groups is 1. The molecule has 0 unspecified atom stereocenters. The summed E-state index contributed by atoms with van der Waals surface area (Å²) in [5.41, 5.74) is 2.56. The number of pyridine rings is 1. The number of carbonyl (C=O) groups is 3. The van der Waals surface area contributed by atoms with Gasteiger partial charge in [-0.05, 0) is 35.4 Å². The lowest BCUT2D eigenvalue weighted by Crippen LogP contribution is -2.52. The first-order valence-corrected chi connectivity index (χ1v) is 11.9. The third-order valence-electron chi connectivity index (χ3n) is 7.00. The summed E-state index contributed by atoms with van der Waals surface area (Å²) in [7, 11) is 0. The fourth-order valence-electron chi connectivity index (χ4n) is 5.26. The molecule has 0 spiro atoms. The summed E-state index contributed by atoms with van der Waals surface area (Å²) in [4.78, 5) is 44.9. The van der Waals surface area contributed by atoms with Gasteiger partial charge in [0.05, 0.1) is 12.1 Å². The summed E-state index contributed by atoms with van der Waals surface area (Å²) in [5, 5.41) is 5.73. The number of amides is 4. The monoisotopic (exact) mass is 492 g/mol. The quantitative estimate of drug-likeness (QED) is 0.360. The van der Waals surface area contributed by atoms with Gasteiger partial charge in [0.2, 0.25) is 0 Å². The van der Waals surface area contributed by atoms with Crippen LogP contribution in [0.3, 0.4) is 0 Å². The predicted molar refractivity (Wildman–Crippen MR) is 133 cm³/mol. The van der Waals surface area contributed by atoms with E-state index in [-0.39, 0.29) is 24.8 Å². The highest BCUT2D eigenvalue weighted by Crippen LogP contribution is 2.36. The largest absolute Gasteiger partial charge is 0.461 e. The van der Waals surface area contributed by atoms with E-state index in [4.69, 9.17) is 8.83 Å². The van der Waals surface area contributed by atoms with Crippen molar-refractivity contribution in [1.29, 1.82) is 0 Å². The zero-order valence-electron chi connectivity index (χ0n) is 19.5. The van der Waals surface area contributed by atoms with Crippen LogP contribution in [-0.4, -0.2) is 34.3 Å². The number of benzene rings is 2. The molecule has 2 aliphatic heterocycles. The number of urea groups is 1. The Morgan fingerprint density at radius 1 is 0.946 bits per heavy atom. The Bertz CT molecular complexity index is 1700. The van der Waals surface area contributed by atoms with Crippen LogP contribution in [0.25, 0.3) is 22.1 Å². The number of furan rings is 2. The first-order chi connectivity index (χ1) is 18.0. The number of aromatic nitrogens is 1. The van der Waals surface area contributed by atoms with Crippen molar-refractivity contribution in [2.24, 2.45) is 0 Å². The van der Waals surface area contributed by atoms with Crippen LogP contribution in [0.1, 0.15) is 33.0 Å². The van der Waals surface area contributed by atoms with E-state index >= 15 is 0 Å². The molecule has 9 nitrogen and oxygen atoms in total. The maximum absolute atomic E-state index is 13.7. The molecule has 5 aromatic rings. The van der Waals surface area contributed by atoms with Crippen LogP contribution in [0.15, 0.2) is 81.8 Å². The number of nitrogens with one attached hydrogen (secondary N) is 2. The molecule has 0 bridgehead atoms. The highest BCUT2D eigenvalue weighted by molar-refractivity contribution is 6.11. The van der Waals surface area contributed by atoms with Crippen LogP contribution in [0.5, 0.6) is 0 Å². The Balaban J connectivity index is 1.24. The summed E-state index contributed by atoms with van der Waals surface area (Å²) in [6, 6.07) is 20.0. The van der Waals surface area contributed by atoms with E-state index in [9.17, 15) is 14.4 Å². The van der Waals surface area contributed by atoms with Crippen molar-refractivity contribution in [2.75, 3.05) is 6.54 Å². The van der Waals surface area contributed by atoms with Crippen LogP contribution >= 0.6 is 0 Å². The van der Waals surface area contributed by atoms with Crippen molar-refractivity contribution in [3.8, 4) is 0 Å². The van der Waals surface area contributed by atoms with Gasteiger partial charge in [-0.1, -0.05) is 36.4 Å². The summed E-state index contributed by atoms with van der Waals surface area (Å²) < 4.78 is 12.0. The minimum Gasteiger partial charge on any atom is -0.461 e. The second-order valence-electron chi connectivity index (χ2n) is 9.36. The number of hydrogen-bond acceptors (Lipinski definition) is 6. The lowest BCUT2D eigenvalue weighted by atomic mass is 9.95. The molecule has 2 aromatic carbocycles. The SMILES string of the molecule is O=C1NC(=O)[C@](CN2Cc3ccc4oc(Cc5ccccc5)cc4c3C2=O)(c2cc3ncccc3o2)N1. The van der Waals surface area contributed by atoms with E-state index in [2.05, 4.69) is 15.6 Å². The van der Waals surface area contributed by atoms with E-state index in [1.54, 1.807) is 29.3 Å². The van der Waals surface area contributed by atoms with E-state index in [1.807, 2.05) is 48.5 Å². The smallest absolute Gasteiger partial charge is 0.322 e. The molecule has 1 atom stereocenters. The highest BCUT2D eigenvalue weighted by atomic mass is 16.3. The third-order valence-corrected chi connectivity index (χ3v) is 7.00. The molecular weight excluding hydrogens is 472 g/mol. The molecule has 5 heterocycles. The summed E-state index contributed by atoms with van der Waals surface area (Å²) in [6.45, 7) is 0.181. The van der Waals surface area contributed by atoms with Crippen molar-refractivity contribution in [3.63, 3.8) is 0 Å². The minimum absolute atomic E-state index is 0.103. The van der Waals surface area contributed by atoms with Gasteiger partial charge >= 0.3 is 6.03 Å². The molecule has 4 amide bonds. The van der Waals surface area contributed by atoms with E-state index in [1.165, 1.54) is 0 Å². The molecule has 1 saturated heterocycles. The average molecular weight is 492 g/mol. The van der Waals surface area contributed by atoms with E-state index in [0.29, 0.717) is 28.7 Å². The molecule has 182 valence electrons. The van der Waals surface area contributed by atoms with Gasteiger partial charge in [-0.3, -0.25) is 19.9 Å². The predicted octanol–water partition coefficient (Wildman–Crippen LogP) is 3.86. The van der Waals surface area contributed by atoms with Crippen LogP contribution in [-0.2, 0) is 23.3 Å². The van der Waals surface area contributed by atoms with Crippen molar-refractivity contribution in [3.05, 3.63) is 101 Å². The molecular formula is C28H20N4O5. The molecule has 9 heteroatoms. The lowest BCUT2D eigenvalue weighted by molar-refractivity contribution is -0.125.